The molecule has 2 rings (SSSR count). The van der Waals surface area contributed by atoms with Crippen LogP contribution in [0.25, 0.3) is 11.0 Å². The number of aliphatic hydroxyl groups excluding tert-OH is 1. The highest BCUT2D eigenvalue weighted by atomic mass is 16.3. The van der Waals surface area contributed by atoms with Crippen molar-refractivity contribution in [1.29, 1.82) is 0 Å². The Hall–Kier alpha value is -1.39. The summed E-state index contributed by atoms with van der Waals surface area (Å²) < 4.78 is 2.07. The Balaban J connectivity index is 2.31. The predicted octanol–water partition coefficient (Wildman–Crippen LogP) is 3.08. The van der Waals surface area contributed by atoms with Gasteiger partial charge in [0.25, 0.3) is 0 Å². The lowest BCUT2D eigenvalue weighted by molar-refractivity contribution is 0.111. The number of hydrogen-bond donors (Lipinski definition) is 2. The van der Waals surface area contributed by atoms with Gasteiger partial charge >= 0.3 is 0 Å². The molecule has 1 aromatic heterocycles. The molecule has 2 N–H and O–H groups in total. The van der Waals surface area contributed by atoms with Gasteiger partial charge in [-0.3, -0.25) is 0 Å². The number of nitrogens with zero attached hydrogens (tertiary/aromatic N) is 2. The summed E-state index contributed by atoms with van der Waals surface area (Å²) in [6, 6.07) is 6.07. The fourth-order valence-corrected chi connectivity index (χ4v) is 2.71. The van der Waals surface area contributed by atoms with Crippen molar-refractivity contribution in [2.24, 2.45) is 7.05 Å². The quantitative estimate of drug-likeness (QED) is 0.909. The minimum Gasteiger partial charge on any atom is -0.387 e. The number of aromatic nitrogens is 2. The minimum atomic E-state index is -0.527. The Morgan fingerprint density at radius 3 is 2.57 bits per heavy atom. The first-order valence-corrected chi connectivity index (χ1v) is 7.61. The molecule has 2 unspecified atom stereocenters. The van der Waals surface area contributed by atoms with E-state index in [4.69, 9.17) is 0 Å². The van der Waals surface area contributed by atoms with Gasteiger partial charge in [-0.15, -0.1) is 0 Å². The van der Waals surface area contributed by atoms with Crippen LogP contribution in [0.2, 0.25) is 0 Å². The van der Waals surface area contributed by atoms with Gasteiger partial charge in [0.05, 0.1) is 17.1 Å². The average Bonchev–Trinajstić information content (AvgIpc) is 2.69. The van der Waals surface area contributed by atoms with Crippen molar-refractivity contribution < 1.29 is 5.11 Å². The maximum absolute atomic E-state index is 10.7. The number of nitrogens with one attached hydrogen (secondary N) is 1. The molecule has 2 atom stereocenters. The summed E-state index contributed by atoms with van der Waals surface area (Å²) in [6.07, 6.45) is 0.346. The summed E-state index contributed by atoms with van der Waals surface area (Å²) in [6.45, 7) is 10.4. The lowest BCUT2D eigenvalue weighted by Gasteiger charge is -2.31. The third-order valence-corrected chi connectivity index (χ3v) is 3.91. The number of hydrogen-bond acceptors (Lipinski definition) is 3. The molecule has 4 heteroatoms. The van der Waals surface area contributed by atoms with Crippen LogP contribution >= 0.6 is 0 Å². The zero-order valence-electron chi connectivity index (χ0n) is 13.9. The van der Waals surface area contributed by atoms with Gasteiger partial charge in [-0.1, -0.05) is 13.0 Å². The third kappa shape index (κ3) is 3.44. The standard InChI is InChI=1S/C17H27N3O/c1-7-13(19-17(3,4)5)16(21)12-8-9-15-14(10-12)18-11(2)20(15)6/h8-10,13,16,19,21H,7H2,1-6H3. The van der Waals surface area contributed by atoms with E-state index < -0.39 is 6.10 Å². The average molecular weight is 289 g/mol. The van der Waals surface area contributed by atoms with Gasteiger partial charge in [-0.05, 0) is 51.8 Å². The molecule has 116 valence electrons. The second-order valence-corrected chi connectivity index (χ2v) is 6.82. The first-order valence-electron chi connectivity index (χ1n) is 7.61. The van der Waals surface area contributed by atoms with Gasteiger partial charge < -0.3 is 15.0 Å². The van der Waals surface area contributed by atoms with Gasteiger partial charge in [0.15, 0.2) is 0 Å². The lowest BCUT2D eigenvalue weighted by Crippen LogP contribution is -2.46. The Morgan fingerprint density at radius 1 is 1.33 bits per heavy atom. The van der Waals surface area contributed by atoms with Crippen molar-refractivity contribution in [3.05, 3.63) is 29.6 Å². The highest BCUT2D eigenvalue weighted by molar-refractivity contribution is 5.76. The predicted molar refractivity (Wildman–Crippen MR) is 87.4 cm³/mol. The molecule has 0 amide bonds. The topological polar surface area (TPSA) is 50.1 Å². The summed E-state index contributed by atoms with van der Waals surface area (Å²) in [7, 11) is 2.01. The van der Waals surface area contributed by atoms with Crippen LogP contribution in [0, 0.1) is 6.92 Å². The summed E-state index contributed by atoms with van der Waals surface area (Å²) in [5.41, 5.74) is 2.94. The Kier molecular flexibility index (Phi) is 4.40. The van der Waals surface area contributed by atoms with Gasteiger partial charge in [0.2, 0.25) is 0 Å². The van der Waals surface area contributed by atoms with E-state index >= 15 is 0 Å². The van der Waals surface area contributed by atoms with Crippen LogP contribution in [-0.2, 0) is 7.05 Å². The molecular formula is C17H27N3O. The van der Waals surface area contributed by atoms with Gasteiger partial charge in [-0.25, -0.2) is 4.98 Å². The van der Waals surface area contributed by atoms with Crippen molar-refractivity contribution in [3.8, 4) is 0 Å². The molecule has 21 heavy (non-hydrogen) atoms. The van der Waals surface area contributed by atoms with Crippen LogP contribution in [-0.4, -0.2) is 26.2 Å². The van der Waals surface area contributed by atoms with Crippen LogP contribution in [0.15, 0.2) is 18.2 Å². The summed E-state index contributed by atoms with van der Waals surface area (Å²) in [4.78, 5) is 4.55. The van der Waals surface area contributed by atoms with E-state index in [-0.39, 0.29) is 11.6 Å². The molecule has 0 radical (unpaired) electrons. The van der Waals surface area contributed by atoms with Gasteiger partial charge in [0.1, 0.15) is 5.82 Å². The van der Waals surface area contributed by atoms with E-state index in [1.807, 2.05) is 32.2 Å². The van der Waals surface area contributed by atoms with Gasteiger partial charge in [0, 0.05) is 18.6 Å². The van der Waals surface area contributed by atoms with Gasteiger partial charge in [-0.2, -0.15) is 0 Å². The lowest BCUT2D eigenvalue weighted by atomic mass is 9.96. The minimum absolute atomic E-state index is 0.0205. The van der Waals surface area contributed by atoms with E-state index in [0.717, 1.165) is 28.8 Å². The molecule has 4 nitrogen and oxygen atoms in total. The van der Waals surface area contributed by atoms with Crippen molar-refractivity contribution in [1.82, 2.24) is 14.9 Å². The fraction of sp³-hybridized carbons (Fsp3) is 0.588. The highest BCUT2D eigenvalue weighted by Crippen LogP contribution is 2.25. The Morgan fingerprint density at radius 2 is 2.00 bits per heavy atom. The molecule has 2 aromatic rings. The third-order valence-electron chi connectivity index (χ3n) is 3.91. The second kappa shape index (κ2) is 5.78. The van der Waals surface area contributed by atoms with E-state index in [2.05, 4.69) is 42.6 Å². The van der Waals surface area contributed by atoms with Crippen LogP contribution in [0.3, 0.4) is 0 Å². The summed E-state index contributed by atoms with van der Waals surface area (Å²) >= 11 is 0. The molecule has 1 heterocycles. The molecule has 0 aliphatic carbocycles. The SMILES string of the molecule is CCC(NC(C)(C)C)C(O)c1ccc2c(c1)nc(C)n2C. The second-order valence-electron chi connectivity index (χ2n) is 6.82. The van der Waals surface area contributed by atoms with Crippen molar-refractivity contribution in [2.45, 2.75) is 58.7 Å². The molecule has 0 aliphatic rings. The number of fused-ring (bicyclic) bond motifs is 1. The number of benzene rings is 1. The smallest absolute Gasteiger partial charge is 0.106 e. The molecule has 0 aliphatic heterocycles. The van der Waals surface area contributed by atoms with Crippen molar-refractivity contribution in [3.63, 3.8) is 0 Å². The van der Waals surface area contributed by atoms with Crippen molar-refractivity contribution in [2.75, 3.05) is 0 Å². The number of imidazole rings is 1. The molecule has 0 saturated carbocycles. The molecule has 0 saturated heterocycles. The Labute approximate surface area is 127 Å². The fourth-order valence-electron chi connectivity index (χ4n) is 2.71. The zero-order chi connectivity index (χ0) is 15.8. The van der Waals surface area contributed by atoms with Crippen LogP contribution < -0.4 is 5.32 Å². The highest BCUT2D eigenvalue weighted by Gasteiger charge is 2.24. The van der Waals surface area contributed by atoms with Crippen LogP contribution in [0.5, 0.6) is 0 Å². The first kappa shape index (κ1) is 16.0. The molecule has 0 fully saturated rings. The maximum atomic E-state index is 10.7. The molecule has 0 spiro atoms. The Bertz CT molecular complexity index is 625. The summed E-state index contributed by atoms with van der Waals surface area (Å²) in [5, 5.41) is 14.2. The van der Waals surface area contributed by atoms with Crippen LogP contribution in [0.1, 0.15) is 51.6 Å². The molecular weight excluding hydrogens is 262 g/mol. The normalized spacial score (nSPS) is 15.4. The van der Waals surface area contributed by atoms with Crippen molar-refractivity contribution >= 4 is 11.0 Å². The first-order chi connectivity index (χ1) is 9.73. The number of aliphatic hydroxyl groups is 1. The van der Waals surface area contributed by atoms with E-state index in [1.165, 1.54) is 0 Å². The monoisotopic (exact) mass is 289 g/mol. The summed E-state index contributed by atoms with van der Waals surface area (Å²) in [5.74, 6) is 0.983. The maximum Gasteiger partial charge on any atom is 0.106 e. The molecule has 0 bridgehead atoms. The number of aryl methyl sites for hydroxylation is 2. The van der Waals surface area contributed by atoms with E-state index in [0.29, 0.717) is 0 Å². The van der Waals surface area contributed by atoms with Crippen LogP contribution in [0.4, 0.5) is 0 Å². The largest absolute Gasteiger partial charge is 0.387 e. The zero-order valence-corrected chi connectivity index (χ0v) is 13.9. The number of rotatable bonds is 4. The molecule has 1 aromatic carbocycles. The van der Waals surface area contributed by atoms with E-state index in [9.17, 15) is 5.11 Å². The van der Waals surface area contributed by atoms with E-state index in [1.54, 1.807) is 0 Å².